The highest BCUT2D eigenvalue weighted by Gasteiger charge is 2.27. The number of nitrogens with zero attached hydrogens (tertiary/aromatic N) is 1. The largest absolute Gasteiger partial charge is 0.472 e. The summed E-state index contributed by atoms with van der Waals surface area (Å²) in [6.07, 6.45) is 46.6. The lowest BCUT2D eigenvalue weighted by atomic mass is 10.1. The average Bonchev–Trinajstić information content (AvgIpc) is 3.18. The van der Waals surface area contributed by atoms with Crippen molar-refractivity contribution in [3.05, 3.63) is 85.1 Å². The second kappa shape index (κ2) is 39.3. The van der Waals surface area contributed by atoms with E-state index >= 15 is 0 Å². The van der Waals surface area contributed by atoms with Gasteiger partial charge in [-0.1, -0.05) is 137 Å². The molecule has 11 heteroatoms. The van der Waals surface area contributed by atoms with Crippen LogP contribution in [0.4, 0.5) is 0 Å². The van der Waals surface area contributed by atoms with E-state index in [1.54, 1.807) is 12.2 Å². The smallest absolute Gasteiger partial charge is 0.462 e. The molecular formula is C48H83NO9P+. The number of hydrogen-bond acceptors (Lipinski definition) is 8. The Balaban J connectivity index is 4.61. The number of aliphatic hydroxyl groups excluding tert-OH is 1. The summed E-state index contributed by atoms with van der Waals surface area (Å²) in [6, 6.07) is 0. The van der Waals surface area contributed by atoms with Gasteiger partial charge in [-0.2, -0.15) is 0 Å². The lowest BCUT2D eigenvalue weighted by molar-refractivity contribution is -0.870. The molecule has 0 aromatic rings. The van der Waals surface area contributed by atoms with Crippen LogP contribution >= 0.6 is 7.82 Å². The van der Waals surface area contributed by atoms with Crippen LogP contribution < -0.4 is 0 Å². The molecule has 0 aromatic carbocycles. The Morgan fingerprint density at radius 1 is 0.610 bits per heavy atom. The first-order chi connectivity index (χ1) is 28.4. The van der Waals surface area contributed by atoms with Gasteiger partial charge in [0, 0.05) is 12.8 Å². The molecule has 338 valence electrons. The Kier molecular flexibility index (Phi) is 37.4. The van der Waals surface area contributed by atoms with Crippen molar-refractivity contribution in [2.24, 2.45) is 0 Å². The normalized spacial score (nSPS) is 14.9. The van der Waals surface area contributed by atoms with E-state index < -0.39 is 38.6 Å². The monoisotopic (exact) mass is 849 g/mol. The number of rotatable bonds is 39. The van der Waals surface area contributed by atoms with Crippen LogP contribution in [0.5, 0.6) is 0 Å². The minimum atomic E-state index is -4.44. The van der Waals surface area contributed by atoms with E-state index in [0.29, 0.717) is 30.3 Å². The molecule has 0 spiro atoms. The number of quaternary nitrogens is 1. The maximum atomic E-state index is 12.7. The Hall–Kier alpha value is -2.85. The van der Waals surface area contributed by atoms with Gasteiger partial charge in [0.25, 0.3) is 0 Å². The Bertz CT molecular complexity index is 1300. The first-order valence-corrected chi connectivity index (χ1v) is 23.9. The Morgan fingerprint density at radius 3 is 1.68 bits per heavy atom. The highest BCUT2D eigenvalue weighted by Crippen LogP contribution is 2.43. The molecule has 3 atom stereocenters. The van der Waals surface area contributed by atoms with Crippen molar-refractivity contribution < 1.29 is 47.2 Å². The molecule has 0 aromatic heterocycles. The predicted molar refractivity (Wildman–Crippen MR) is 244 cm³/mol. The number of phosphoric ester groups is 1. The molecule has 59 heavy (non-hydrogen) atoms. The highest BCUT2D eigenvalue weighted by molar-refractivity contribution is 7.47. The Morgan fingerprint density at radius 2 is 1.12 bits per heavy atom. The molecule has 1 unspecified atom stereocenters. The van der Waals surface area contributed by atoms with Crippen molar-refractivity contribution in [3.63, 3.8) is 0 Å². The zero-order chi connectivity index (χ0) is 43.7. The number of hydrogen-bond donors (Lipinski definition) is 2. The van der Waals surface area contributed by atoms with Crippen LogP contribution in [0.1, 0.15) is 149 Å². The molecule has 0 radical (unpaired) electrons. The fourth-order valence-electron chi connectivity index (χ4n) is 5.42. The lowest BCUT2D eigenvalue weighted by Gasteiger charge is -2.24. The molecule has 0 rings (SSSR count). The lowest BCUT2D eigenvalue weighted by Crippen LogP contribution is -2.37. The third kappa shape index (κ3) is 43.1. The van der Waals surface area contributed by atoms with Crippen LogP contribution in [0.3, 0.4) is 0 Å². The van der Waals surface area contributed by atoms with Crippen LogP contribution in [0, 0.1) is 0 Å². The number of ether oxygens (including phenoxy) is 2. The number of aliphatic hydroxyl groups is 1. The predicted octanol–water partition coefficient (Wildman–Crippen LogP) is 11.8. The summed E-state index contributed by atoms with van der Waals surface area (Å²) in [5.41, 5.74) is 0. The fourth-order valence-corrected chi connectivity index (χ4v) is 6.16. The van der Waals surface area contributed by atoms with Gasteiger partial charge in [-0.05, 0) is 83.5 Å². The Labute approximate surface area is 359 Å². The van der Waals surface area contributed by atoms with Gasteiger partial charge in [-0.3, -0.25) is 18.6 Å². The summed E-state index contributed by atoms with van der Waals surface area (Å²) in [4.78, 5) is 35.4. The first kappa shape index (κ1) is 56.1. The molecule has 0 saturated carbocycles. The standard InChI is InChI=1S/C48H82NO9P/c1-6-8-10-12-14-16-18-20-21-22-23-25-27-29-31-33-35-39-47(51)55-43-46(44-57-59(53,54)56-42-41-49(3,4)5)58-48(52)40-36-38-45(50)37-34-32-30-28-26-24-19-17-15-13-11-9-7-2/h14-17,20-21,23-26,30,32,34,37,45-46,50H,6-13,18-19,22,27-29,31,33,35-36,38-44H2,1-5H3/p+1/b16-14-,17-15-,21-20-,25-23-,26-24-,32-30-,37-34+/t45-,46+/m0/s1. The number of likely N-dealkylation sites (N-methyl/N-ethyl adjacent to an activating group) is 1. The summed E-state index contributed by atoms with van der Waals surface area (Å²) in [6.45, 7) is 4.09. The van der Waals surface area contributed by atoms with E-state index in [1.807, 2.05) is 33.3 Å². The van der Waals surface area contributed by atoms with Gasteiger partial charge in [-0.15, -0.1) is 0 Å². The summed E-state index contributed by atoms with van der Waals surface area (Å²) < 4.78 is 34.1. The van der Waals surface area contributed by atoms with E-state index in [-0.39, 0.29) is 26.1 Å². The van der Waals surface area contributed by atoms with Gasteiger partial charge in [0.1, 0.15) is 19.8 Å². The van der Waals surface area contributed by atoms with E-state index in [0.717, 1.165) is 57.8 Å². The molecule has 0 saturated heterocycles. The molecule has 0 aliphatic carbocycles. The quantitative estimate of drug-likeness (QED) is 0.0155. The van der Waals surface area contributed by atoms with Gasteiger partial charge in [0.05, 0.1) is 33.9 Å². The molecule has 2 N–H and O–H groups in total. The minimum absolute atomic E-state index is 0.00254. The average molecular weight is 849 g/mol. The molecule has 0 aliphatic heterocycles. The maximum Gasteiger partial charge on any atom is 0.472 e. The third-order valence-electron chi connectivity index (χ3n) is 9.00. The van der Waals surface area contributed by atoms with Crippen molar-refractivity contribution in [2.75, 3.05) is 47.5 Å². The van der Waals surface area contributed by atoms with Crippen molar-refractivity contribution in [3.8, 4) is 0 Å². The van der Waals surface area contributed by atoms with Crippen molar-refractivity contribution >= 4 is 19.8 Å². The fraction of sp³-hybridized carbons (Fsp3) is 0.667. The van der Waals surface area contributed by atoms with E-state index in [9.17, 15) is 24.2 Å². The van der Waals surface area contributed by atoms with Crippen LogP contribution in [0.2, 0.25) is 0 Å². The molecule has 0 bridgehead atoms. The zero-order valence-corrected chi connectivity index (χ0v) is 38.5. The van der Waals surface area contributed by atoms with Crippen molar-refractivity contribution in [1.82, 2.24) is 0 Å². The summed E-state index contributed by atoms with van der Waals surface area (Å²) in [7, 11) is 1.33. The minimum Gasteiger partial charge on any atom is -0.462 e. The number of carbonyl (C=O) groups excluding carboxylic acids is 2. The van der Waals surface area contributed by atoms with Crippen molar-refractivity contribution in [1.29, 1.82) is 0 Å². The van der Waals surface area contributed by atoms with E-state index in [4.69, 9.17) is 18.5 Å². The number of phosphoric acid groups is 1. The zero-order valence-electron chi connectivity index (χ0n) is 37.6. The second-order valence-corrected chi connectivity index (χ2v) is 17.4. The van der Waals surface area contributed by atoms with Crippen LogP contribution in [0.15, 0.2) is 85.1 Å². The van der Waals surface area contributed by atoms with Crippen LogP contribution in [-0.2, 0) is 32.7 Å². The first-order valence-electron chi connectivity index (χ1n) is 22.4. The molecule has 0 aliphatic rings. The number of esters is 2. The number of unbranched alkanes of at least 4 members (excludes halogenated alkanes) is 10. The second-order valence-electron chi connectivity index (χ2n) is 15.9. The molecular weight excluding hydrogens is 766 g/mol. The van der Waals surface area contributed by atoms with E-state index in [2.05, 4.69) is 74.6 Å². The van der Waals surface area contributed by atoms with E-state index in [1.165, 1.54) is 44.9 Å². The topological polar surface area (TPSA) is 129 Å². The summed E-state index contributed by atoms with van der Waals surface area (Å²) in [5.74, 6) is -1.03. The van der Waals surface area contributed by atoms with Gasteiger partial charge in [0.2, 0.25) is 0 Å². The molecule has 0 heterocycles. The van der Waals surface area contributed by atoms with Crippen LogP contribution in [0.25, 0.3) is 0 Å². The number of carbonyl (C=O) groups is 2. The molecule has 0 fully saturated rings. The third-order valence-corrected chi connectivity index (χ3v) is 9.99. The van der Waals surface area contributed by atoms with Gasteiger partial charge in [-0.25, -0.2) is 4.57 Å². The number of allylic oxidation sites excluding steroid dienone is 13. The summed E-state index contributed by atoms with van der Waals surface area (Å²) in [5, 5.41) is 10.3. The molecule has 10 nitrogen and oxygen atoms in total. The SMILES string of the molecule is CCCCC/C=C\C/C=C\C/C=C\C=C\[C@H](O)CCCC(=O)O[C@H](COC(=O)CCCCCC/C=C\C/C=C\C/C=C\CCCCC)COP(=O)(O)OCC[N+](C)(C)C. The van der Waals surface area contributed by atoms with Gasteiger partial charge >= 0.3 is 19.8 Å². The highest BCUT2D eigenvalue weighted by atomic mass is 31.2. The van der Waals surface area contributed by atoms with Crippen LogP contribution in [-0.4, -0.2) is 86.1 Å². The summed E-state index contributed by atoms with van der Waals surface area (Å²) >= 11 is 0. The van der Waals surface area contributed by atoms with Crippen molar-refractivity contribution in [2.45, 2.75) is 161 Å². The maximum absolute atomic E-state index is 12.7. The van der Waals surface area contributed by atoms with Gasteiger partial charge < -0.3 is 24.0 Å². The molecule has 0 amide bonds. The van der Waals surface area contributed by atoms with Gasteiger partial charge in [0.15, 0.2) is 6.10 Å².